The molecule has 0 aliphatic rings. The van der Waals surface area contributed by atoms with Gasteiger partial charge < -0.3 is 5.32 Å². The van der Waals surface area contributed by atoms with Crippen LogP contribution in [-0.4, -0.2) is 11.8 Å². The van der Waals surface area contributed by atoms with Gasteiger partial charge in [-0.2, -0.15) is 0 Å². The number of nitrogens with one attached hydrogen (secondary N) is 2. The Morgan fingerprint density at radius 3 is 2.06 bits per heavy atom. The molecule has 0 saturated heterocycles. The Balaban J connectivity index is 2.68. The second kappa shape index (κ2) is 7.22. The van der Waals surface area contributed by atoms with Gasteiger partial charge in [-0.25, -0.2) is 5.84 Å². The van der Waals surface area contributed by atoms with E-state index >= 15 is 0 Å². The summed E-state index contributed by atoms with van der Waals surface area (Å²) in [4.78, 5) is 22.5. The van der Waals surface area contributed by atoms with E-state index in [0.717, 1.165) is 13.4 Å². The first-order valence-corrected chi connectivity index (χ1v) is 7.25. The third-order valence-electron chi connectivity index (χ3n) is 2.01. The van der Waals surface area contributed by atoms with Gasteiger partial charge in [0, 0.05) is 26.3 Å². The number of carbonyl (C=O) groups excluding carboxylic acids is 2. The fourth-order valence-electron chi connectivity index (χ4n) is 1.16. The van der Waals surface area contributed by atoms with Crippen LogP contribution in [0.4, 0.5) is 5.69 Å². The smallest absolute Gasteiger partial charge is 0.234 e. The molecule has 0 aliphatic carbocycles. The lowest BCUT2D eigenvalue weighted by molar-refractivity contribution is -0.124. The van der Waals surface area contributed by atoms with Gasteiger partial charge in [-0.15, -0.1) is 0 Å². The standard InChI is InChI=1S/C10H10Br3N3O2/c11-5-3-6(12)10(7(13)4-5)15-8(17)1-2-9(18)16-14/h3-4H,1-2,14H2,(H,15,17)(H,16,18). The summed E-state index contributed by atoms with van der Waals surface area (Å²) in [7, 11) is 0. The van der Waals surface area contributed by atoms with E-state index in [4.69, 9.17) is 5.84 Å². The highest BCUT2D eigenvalue weighted by Gasteiger charge is 2.11. The molecular weight excluding hydrogens is 434 g/mol. The third-order valence-corrected chi connectivity index (χ3v) is 3.72. The highest BCUT2D eigenvalue weighted by Crippen LogP contribution is 2.34. The zero-order chi connectivity index (χ0) is 13.7. The van der Waals surface area contributed by atoms with Gasteiger partial charge in [0.2, 0.25) is 11.8 Å². The van der Waals surface area contributed by atoms with Gasteiger partial charge >= 0.3 is 0 Å². The molecule has 4 N–H and O–H groups in total. The number of hydrazine groups is 1. The molecule has 0 aromatic heterocycles. The maximum absolute atomic E-state index is 11.6. The molecule has 0 aliphatic heterocycles. The van der Waals surface area contributed by atoms with Crippen molar-refractivity contribution in [3.63, 3.8) is 0 Å². The first-order valence-electron chi connectivity index (χ1n) is 4.88. The maximum atomic E-state index is 11.6. The minimum atomic E-state index is -0.376. The predicted molar refractivity (Wildman–Crippen MR) is 79.7 cm³/mol. The van der Waals surface area contributed by atoms with Crippen LogP contribution >= 0.6 is 47.8 Å². The van der Waals surface area contributed by atoms with Crippen LogP contribution in [0.5, 0.6) is 0 Å². The SMILES string of the molecule is NNC(=O)CCC(=O)Nc1c(Br)cc(Br)cc1Br. The molecule has 98 valence electrons. The van der Waals surface area contributed by atoms with Crippen LogP contribution in [0.2, 0.25) is 0 Å². The lowest BCUT2D eigenvalue weighted by Gasteiger charge is -2.10. The first-order chi connectivity index (χ1) is 8.43. The summed E-state index contributed by atoms with van der Waals surface area (Å²) in [5.41, 5.74) is 2.59. The van der Waals surface area contributed by atoms with Crippen molar-refractivity contribution in [3.05, 3.63) is 25.6 Å². The van der Waals surface area contributed by atoms with Gasteiger partial charge in [0.25, 0.3) is 0 Å². The maximum Gasteiger partial charge on any atom is 0.234 e. The largest absolute Gasteiger partial charge is 0.324 e. The summed E-state index contributed by atoms with van der Waals surface area (Å²) in [5.74, 6) is 4.29. The Hall–Kier alpha value is -0.440. The number of anilines is 1. The Morgan fingerprint density at radius 1 is 1.06 bits per heavy atom. The monoisotopic (exact) mass is 441 g/mol. The average molecular weight is 444 g/mol. The van der Waals surface area contributed by atoms with Crippen molar-refractivity contribution in [2.45, 2.75) is 12.8 Å². The molecular formula is C10H10Br3N3O2. The summed E-state index contributed by atoms with van der Waals surface area (Å²) in [6.45, 7) is 0. The van der Waals surface area contributed by atoms with Crippen LogP contribution in [0, 0.1) is 0 Å². The summed E-state index contributed by atoms with van der Waals surface area (Å²) in [6.07, 6.45) is 0.117. The zero-order valence-electron chi connectivity index (χ0n) is 9.10. The molecule has 2 amide bonds. The molecule has 0 atom stereocenters. The molecule has 0 spiro atoms. The number of halogens is 3. The van der Waals surface area contributed by atoms with Crippen LogP contribution in [0.1, 0.15) is 12.8 Å². The van der Waals surface area contributed by atoms with E-state index in [-0.39, 0.29) is 24.7 Å². The molecule has 0 fully saturated rings. The van der Waals surface area contributed by atoms with E-state index in [2.05, 4.69) is 53.1 Å². The van der Waals surface area contributed by atoms with Crippen LogP contribution in [0.15, 0.2) is 25.6 Å². The molecule has 1 aromatic carbocycles. The molecule has 0 heterocycles. The minimum absolute atomic E-state index is 0.0497. The number of hydrogen-bond acceptors (Lipinski definition) is 3. The Bertz CT molecular complexity index is 456. The van der Waals surface area contributed by atoms with Crippen molar-refractivity contribution in [1.82, 2.24) is 5.43 Å². The molecule has 0 radical (unpaired) electrons. The molecule has 0 saturated carbocycles. The van der Waals surface area contributed by atoms with Crippen LogP contribution in [0.25, 0.3) is 0 Å². The second-order valence-electron chi connectivity index (χ2n) is 3.36. The van der Waals surface area contributed by atoms with Crippen molar-refractivity contribution < 1.29 is 9.59 Å². The molecule has 0 unspecified atom stereocenters. The van der Waals surface area contributed by atoms with E-state index in [1.54, 1.807) is 0 Å². The highest BCUT2D eigenvalue weighted by atomic mass is 79.9. The minimum Gasteiger partial charge on any atom is -0.324 e. The van der Waals surface area contributed by atoms with Gasteiger partial charge in [0.05, 0.1) is 5.69 Å². The zero-order valence-corrected chi connectivity index (χ0v) is 13.9. The summed E-state index contributed by atoms with van der Waals surface area (Å²) >= 11 is 10.0. The fourth-order valence-corrected chi connectivity index (χ4v) is 3.62. The van der Waals surface area contributed by atoms with Crippen molar-refractivity contribution >= 4 is 65.3 Å². The Labute approximate surface area is 129 Å². The van der Waals surface area contributed by atoms with E-state index < -0.39 is 0 Å². The summed E-state index contributed by atoms with van der Waals surface area (Å²) < 4.78 is 2.35. The molecule has 0 bridgehead atoms. The van der Waals surface area contributed by atoms with Gasteiger partial charge in [-0.1, -0.05) is 15.9 Å². The van der Waals surface area contributed by atoms with Crippen LogP contribution in [-0.2, 0) is 9.59 Å². The van der Waals surface area contributed by atoms with Gasteiger partial charge in [-0.05, 0) is 44.0 Å². The van der Waals surface area contributed by atoms with E-state index in [1.165, 1.54) is 0 Å². The van der Waals surface area contributed by atoms with Gasteiger partial charge in [0.15, 0.2) is 0 Å². The van der Waals surface area contributed by atoms with Crippen LogP contribution < -0.4 is 16.6 Å². The molecule has 5 nitrogen and oxygen atoms in total. The highest BCUT2D eigenvalue weighted by molar-refractivity contribution is 9.11. The van der Waals surface area contributed by atoms with Gasteiger partial charge in [-0.3, -0.25) is 15.0 Å². The number of carbonyl (C=O) groups is 2. The van der Waals surface area contributed by atoms with Crippen molar-refractivity contribution in [3.8, 4) is 0 Å². The molecule has 1 aromatic rings. The van der Waals surface area contributed by atoms with E-state index in [0.29, 0.717) is 5.69 Å². The number of amides is 2. The Kier molecular flexibility index (Phi) is 6.27. The topological polar surface area (TPSA) is 84.2 Å². The quantitative estimate of drug-likeness (QED) is 0.380. The van der Waals surface area contributed by atoms with Crippen molar-refractivity contribution in [2.24, 2.45) is 5.84 Å². The molecule has 18 heavy (non-hydrogen) atoms. The summed E-state index contributed by atoms with van der Waals surface area (Å²) in [6, 6.07) is 3.62. The Morgan fingerprint density at radius 2 is 1.56 bits per heavy atom. The first kappa shape index (κ1) is 15.6. The van der Waals surface area contributed by atoms with Gasteiger partial charge in [0.1, 0.15) is 0 Å². The number of benzene rings is 1. The average Bonchev–Trinajstić information content (AvgIpc) is 2.30. The fraction of sp³-hybridized carbons (Fsp3) is 0.200. The molecule has 1 rings (SSSR count). The number of rotatable bonds is 4. The van der Waals surface area contributed by atoms with Crippen LogP contribution in [0.3, 0.4) is 0 Å². The van der Waals surface area contributed by atoms with E-state index in [9.17, 15) is 9.59 Å². The van der Waals surface area contributed by atoms with Crippen molar-refractivity contribution in [1.29, 1.82) is 0 Å². The lowest BCUT2D eigenvalue weighted by atomic mass is 10.2. The van der Waals surface area contributed by atoms with Crippen molar-refractivity contribution in [2.75, 3.05) is 5.32 Å². The lowest BCUT2D eigenvalue weighted by Crippen LogP contribution is -2.30. The molecule has 8 heteroatoms. The number of hydrogen-bond donors (Lipinski definition) is 3. The normalized spacial score (nSPS) is 10.0. The number of nitrogens with two attached hydrogens (primary N) is 1. The summed E-state index contributed by atoms with van der Waals surface area (Å²) in [5, 5.41) is 2.71. The third kappa shape index (κ3) is 4.68. The van der Waals surface area contributed by atoms with E-state index in [1.807, 2.05) is 17.6 Å². The second-order valence-corrected chi connectivity index (χ2v) is 5.98. The predicted octanol–water partition coefficient (Wildman–Crippen LogP) is 2.68.